The molecule has 1 amide bonds. The molecule has 100 valence electrons. The molecular formula is C14H22N2O2. The fourth-order valence-electron chi connectivity index (χ4n) is 1.66. The summed E-state index contributed by atoms with van der Waals surface area (Å²) >= 11 is 0. The fourth-order valence-corrected chi connectivity index (χ4v) is 1.66. The van der Waals surface area contributed by atoms with Gasteiger partial charge in [0.25, 0.3) is 0 Å². The number of nitrogens with two attached hydrogens (primary N) is 1. The second-order valence-corrected chi connectivity index (χ2v) is 4.54. The van der Waals surface area contributed by atoms with Crippen LogP contribution in [-0.4, -0.2) is 23.7 Å². The lowest BCUT2D eigenvalue weighted by atomic mass is 10.0. The van der Waals surface area contributed by atoms with Gasteiger partial charge in [-0.1, -0.05) is 30.3 Å². The molecule has 2 atom stereocenters. The number of benzene rings is 1. The van der Waals surface area contributed by atoms with Crippen LogP contribution in [0.1, 0.15) is 37.8 Å². The third kappa shape index (κ3) is 5.80. The Morgan fingerprint density at radius 3 is 2.61 bits per heavy atom. The molecule has 1 rings (SSSR count). The first-order valence-corrected chi connectivity index (χ1v) is 6.35. The molecule has 0 spiro atoms. The van der Waals surface area contributed by atoms with Gasteiger partial charge in [-0.15, -0.1) is 0 Å². The Hall–Kier alpha value is -1.39. The van der Waals surface area contributed by atoms with Crippen LogP contribution in [0.15, 0.2) is 30.3 Å². The number of nitrogens with one attached hydrogen (secondary N) is 1. The van der Waals surface area contributed by atoms with E-state index < -0.39 is 0 Å². The highest BCUT2D eigenvalue weighted by Crippen LogP contribution is 2.14. The number of aliphatic hydroxyl groups is 1. The summed E-state index contributed by atoms with van der Waals surface area (Å²) in [5.41, 5.74) is 7.05. The average Bonchev–Trinajstić information content (AvgIpc) is 2.36. The third-order valence-electron chi connectivity index (χ3n) is 2.79. The monoisotopic (exact) mass is 250 g/mol. The summed E-state index contributed by atoms with van der Waals surface area (Å²) in [5, 5.41) is 11.8. The number of rotatable bonds is 7. The Morgan fingerprint density at radius 2 is 2.00 bits per heavy atom. The number of hydrogen-bond acceptors (Lipinski definition) is 3. The molecular weight excluding hydrogens is 228 g/mol. The molecule has 0 heterocycles. The van der Waals surface area contributed by atoms with Crippen molar-refractivity contribution in [2.45, 2.75) is 38.3 Å². The Labute approximate surface area is 108 Å². The summed E-state index contributed by atoms with van der Waals surface area (Å²) in [6, 6.07) is 9.66. The minimum absolute atomic E-state index is 0.0120. The van der Waals surface area contributed by atoms with E-state index in [9.17, 15) is 4.79 Å². The summed E-state index contributed by atoms with van der Waals surface area (Å²) in [7, 11) is 0. The Bertz CT molecular complexity index is 352. The van der Waals surface area contributed by atoms with E-state index in [0.29, 0.717) is 25.8 Å². The summed E-state index contributed by atoms with van der Waals surface area (Å²) in [5.74, 6) is -0.0120. The molecule has 0 aliphatic carbocycles. The molecule has 1 aromatic carbocycles. The molecule has 18 heavy (non-hydrogen) atoms. The third-order valence-corrected chi connectivity index (χ3v) is 2.79. The minimum Gasteiger partial charge on any atom is -0.393 e. The zero-order valence-corrected chi connectivity index (χ0v) is 10.8. The maximum absolute atomic E-state index is 11.5. The van der Waals surface area contributed by atoms with E-state index in [0.717, 1.165) is 5.56 Å². The predicted octanol–water partition coefficient (Wildman–Crippen LogP) is 1.35. The van der Waals surface area contributed by atoms with Gasteiger partial charge in [0.2, 0.25) is 5.91 Å². The first-order chi connectivity index (χ1) is 8.59. The lowest BCUT2D eigenvalue weighted by molar-refractivity contribution is -0.121. The van der Waals surface area contributed by atoms with E-state index in [-0.39, 0.29) is 18.1 Å². The first-order valence-electron chi connectivity index (χ1n) is 6.35. The Morgan fingerprint density at radius 1 is 1.33 bits per heavy atom. The molecule has 0 saturated heterocycles. The molecule has 0 bridgehead atoms. The smallest absolute Gasteiger partial charge is 0.220 e. The van der Waals surface area contributed by atoms with E-state index in [1.807, 2.05) is 30.3 Å². The zero-order valence-electron chi connectivity index (χ0n) is 10.8. The highest BCUT2D eigenvalue weighted by molar-refractivity contribution is 5.75. The topological polar surface area (TPSA) is 75.3 Å². The number of hydrogen-bond donors (Lipinski definition) is 3. The van der Waals surface area contributed by atoms with Gasteiger partial charge in [-0.2, -0.15) is 0 Å². The highest BCUT2D eigenvalue weighted by Gasteiger charge is 2.08. The predicted molar refractivity (Wildman–Crippen MR) is 71.9 cm³/mol. The van der Waals surface area contributed by atoms with Gasteiger partial charge in [-0.3, -0.25) is 4.79 Å². The van der Waals surface area contributed by atoms with Crippen molar-refractivity contribution in [2.24, 2.45) is 5.73 Å². The number of carbonyl (C=O) groups is 1. The average molecular weight is 250 g/mol. The van der Waals surface area contributed by atoms with Crippen molar-refractivity contribution in [1.82, 2.24) is 5.32 Å². The molecule has 0 fully saturated rings. The van der Waals surface area contributed by atoms with Crippen molar-refractivity contribution in [3.63, 3.8) is 0 Å². The van der Waals surface area contributed by atoms with Gasteiger partial charge in [-0.25, -0.2) is 0 Å². The second kappa shape index (κ2) is 7.84. The molecule has 0 aromatic heterocycles. The lowest BCUT2D eigenvalue weighted by Crippen LogP contribution is -2.27. The normalized spacial score (nSPS) is 13.9. The zero-order chi connectivity index (χ0) is 13.4. The number of amides is 1. The summed E-state index contributed by atoms with van der Waals surface area (Å²) in [6.45, 7) is 2.22. The molecule has 0 aliphatic rings. The summed E-state index contributed by atoms with van der Waals surface area (Å²) in [6.07, 6.45) is 1.24. The highest BCUT2D eigenvalue weighted by atomic mass is 16.3. The van der Waals surface area contributed by atoms with Crippen LogP contribution < -0.4 is 11.1 Å². The maximum atomic E-state index is 11.5. The van der Waals surface area contributed by atoms with Crippen molar-refractivity contribution < 1.29 is 9.90 Å². The molecule has 0 radical (unpaired) electrons. The van der Waals surface area contributed by atoms with Crippen molar-refractivity contribution in [3.8, 4) is 0 Å². The van der Waals surface area contributed by atoms with Crippen LogP contribution in [-0.2, 0) is 4.79 Å². The van der Waals surface area contributed by atoms with Gasteiger partial charge >= 0.3 is 0 Å². The van der Waals surface area contributed by atoms with Crippen LogP contribution >= 0.6 is 0 Å². The largest absolute Gasteiger partial charge is 0.393 e. The molecule has 1 aromatic rings. The summed E-state index contributed by atoms with van der Waals surface area (Å²) in [4.78, 5) is 11.5. The quantitative estimate of drug-likeness (QED) is 0.684. The van der Waals surface area contributed by atoms with E-state index in [1.54, 1.807) is 6.92 Å². The van der Waals surface area contributed by atoms with E-state index in [1.165, 1.54) is 0 Å². The van der Waals surface area contributed by atoms with Crippen molar-refractivity contribution in [3.05, 3.63) is 35.9 Å². The van der Waals surface area contributed by atoms with Crippen molar-refractivity contribution in [1.29, 1.82) is 0 Å². The first kappa shape index (κ1) is 14.7. The van der Waals surface area contributed by atoms with Gasteiger partial charge in [0.1, 0.15) is 0 Å². The van der Waals surface area contributed by atoms with E-state index in [4.69, 9.17) is 10.8 Å². The van der Waals surface area contributed by atoms with Crippen LogP contribution in [0.3, 0.4) is 0 Å². The second-order valence-electron chi connectivity index (χ2n) is 4.54. The molecule has 0 saturated carbocycles. The van der Waals surface area contributed by atoms with Crippen LogP contribution in [0, 0.1) is 0 Å². The molecule has 4 heteroatoms. The SMILES string of the molecule is CC(O)CCNC(=O)CCC(N)c1ccccc1. The Balaban J connectivity index is 2.22. The van der Waals surface area contributed by atoms with Crippen molar-refractivity contribution >= 4 is 5.91 Å². The van der Waals surface area contributed by atoms with E-state index >= 15 is 0 Å². The van der Waals surface area contributed by atoms with E-state index in [2.05, 4.69) is 5.32 Å². The van der Waals surface area contributed by atoms with Gasteiger partial charge in [-0.05, 0) is 25.3 Å². The van der Waals surface area contributed by atoms with Gasteiger partial charge in [0, 0.05) is 19.0 Å². The van der Waals surface area contributed by atoms with Crippen molar-refractivity contribution in [2.75, 3.05) is 6.54 Å². The number of aliphatic hydroxyl groups excluding tert-OH is 1. The van der Waals surface area contributed by atoms with Crippen LogP contribution in [0.4, 0.5) is 0 Å². The molecule has 4 N–H and O–H groups in total. The Kier molecular flexibility index (Phi) is 6.39. The maximum Gasteiger partial charge on any atom is 0.220 e. The number of carbonyl (C=O) groups excluding carboxylic acids is 1. The lowest BCUT2D eigenvalue weighted by Gasteiger charge is -2.12. The minimum atomic E-state index is -0.378. The summed E-state index contributed by atoms with van der Waals surface area (Å²) < 4.78 is 0. The van der Waals surface area contributed by atoms with Gasteiger partial charge in [0.05, 0.1) is 6.10 Å². The van der Waals surface area contributed by atoms with Gasteiger partial charge in [0.15, 0.2) is 0 Å². The molecule has 0 aliphatic heterocycles. The molecule has 2 unspecified atom stereocenters. The van der Waals surface area contributed by atoms with Crippen LogP contribution in [0.5, 0.6) is 0 Å². The standard InChI is InChI=1S/C14H22N2O2/c1-11(17)9-10-16-14(18)8-7-13(15)12-5-3-2-4-6-12/h2-6,11,13,17H,7-10,15H2,1H3,(H,16,18). The molecule has 4 nitrogen and oxygen atoms in total. The fraction of sp³-hybridized carbons (Fsp3) is 0.500. The van der Waals surface area contributed by atoms with Crippen LogP contribution in [0.25, 0.3) is 0 Å². The van der Waals surface area contributed by atoms with Gasteiger partial charge < -0.3 is 16.2 Å². The van der Waals surface area contributed by atoms with Crippen LogP contribution in [0.2, 0.25) is 0 Å².